The molecule has 1 aromatic carbocycles. The molecule has 1 rings (SSSR count). The number of nitriles is 1. The fourth-order valence-corrected chi connectivity index (χ4v) is 1.85. The third kappa shape index (κ3) is 5.95. The lowest BCUT2D eigenvalue weighted by Gasteiger charge is -2.19. The van der Waals surface area contributed by atoms with Gasteiger partial charge in [0.15, 0.2) is 0 Å². The van der Waals surface area contributed by atoms with Crippen LogP contribution in [-0.4, -0.2) is 35.6 Å². The van der Waals surface area contributed by atoms with E-state index in [9.17, 15) is 9.59 Å². The van der Waals surface area contributed by atoms with E-state index in [1.54, 1.807) is 32.2 Å². The number of hydrogen-bond acceptors (Lipinski definition) is 3. The van der Waals surface area contributed by atoms with Crippen LogP contribution in [0, 0.1) is 17.2 Å². The molecule has 0 bridgehead atoms. The number of hydrogen-bond donors (Lipinski definition) is 2. The highest BCUT2D eigenvalue weighted by atomic mass is 16.4. The number of carbonyl (C=O) groups is 2. The second-order valence-electron chi connectivity index (χ2n) is 5.06. The van der Waals surface area contributed by atoms with Crippen molar-refractivity contribution in [1.29, 1.82) is 5.26 Å². The highest BCUT2D eigenvalue weighted by molar-refractivity contribution is 5.74. The molecule has 0 saturated heterocycles. The minimum absolute atomic E-state index is 0.0220. The molecule has 0 aliphatic rings. The van der Waals surface area contributed by atoms with Gasteiger partial charge < -0.3 is 15.3 Å². The number of carboxylic acids is 1. The average molecular weight is 289 g/mol. The van der Waals surface area contributed by atoms with Gasteiger partial charge in [-0.15, -0.1) is 0 Å². The Balaban J connectivity index is 2.47. The van der Waals surface area contributed by atoms with E-state index < -0.39 is 5.97 Å². The summed E-state index contributed by atoms with van der Waals surface area (Å²) in [7, 11) is 1.65. The van der Waals surface area contributed by atoms with Crippen LogP contribution in [0.15, 0.2) is 24.3 Å². The minimum Gasteiger partial charge on any atom is -0.481 e. The van der Waals surface area contributed by atoms with Gasteiger partial charge in [-0.2, -0.15) is 5.26 Å². The van der Waals surface area contributed by atoms with Gasteiger partial charge in [0.1, 0.15) is 0 Å². The predicted octanol–water partition coefficient (Wildman–Crippen LogP) is 1.81. The Kier molecular flexibility index (Phi) is 6.21. The zero-order chi connectivity index (χ0) is 15.8. The summed E-state index contributed by atoms with van der Waals surface area (Å²) in [5, 5.41) is 20.2. The molecule has 21 heavy (non-hydrogen) atoms. The van der Waals surface area contributed by atoms with Crippen molar-refractivity contribution < 1.29 is 14.7 Å². The van der Waals surface area contributed by atoms with Gasteiger partial charge in [-0.05, 0) is 23.6 Å². The zero-order valence-corrected chi connectivity index (χ0v) is 12.2. The Morgan fingerprint density at radius 3 is 2.81 bits per heavy atom. The summed E-state index contributed by atoms with van der Waals surface area (Å²) in [5.41, 5.74) is 1.42. The second kappa shape index (κ2) is 7.90. The van der Waals surface area contributed by atoms with Crippen LogP contribution in [0.1, 0.15) is 24.5 Å². The molecule has 112 valence electrons. The number of carbonyl (C=O) groups excluding carboxylic acids is 1. The normalized spacial score (nSPS) is 11.3. The molecule has 0 spiro atoms. The van der Waals surface area contributed by atoms with Crippen LogP contribution in [0.5, 0.6) is 0 Å². The molecular weight excluding hydrogens is 270 g/mol. The molecule has 6 heteroatoms. The van der Waals surface area contributed by atoms with Gasteiger partial charge in [-0.1, -0.05) is 19.1 Å². The van der Waals surface area contributed by atoms with Crippen molar-refractivity contribution in [2.45, 2.75) is 19.9 Å². The molecule has 0 radical (unpaired) electrons. The SMILES string of the molecule is CC(CNC(=O)N(C)Cc1cccc(C#N)c1)CC(=O)O. The Labute approximate surface area is 124 Å². The maximum atomic E-state index is 11.9. The predicted molar refractivity (Wildman–Crippen MR) is 77.4 cm³/mol. The Morgan fingerprint density at radius 1 is 1.48 bits per heavy atom. The molecule has 6 nitrogen and oxygen atoms in total. The van der Waals surface area contributed by atoms with Crippen LogP contribution in [0.4, 0.5) is 4.79 Å². The number of nitrogens with zero attached hydrogens (tertiary/aromatic N) is 2. The lowest BCUT2D eigenvalue weighted by molar-refractivity contribution is -0.137. The molecule has 1 aromatic rings. The highest BCUT2D eigenvalue weighted by Crippen LogP contribution is 2.07. The lowest BCUT2D eigenvalue weighted by Crippen LogP contribution is -2.39. The van der Waals surface area contributed by atoms with Crippen molar-refractivity contribution >= 4 is 12.0 Å². The van der Waals surface area contributed by atoms with E-state index in [1.165, 1.54) is 4.90 Å². The molecule has 1 unspecified atom stereocenters. The van der Waals surface area contributed by atoms with E-state index in [0.29, 0.717) is 18.7 Å². The first-order valence-corrected chi connectivity index (χ1v) is 6.62. The van der Waals surface area contributed by atoms with Crippen LogP contribution >= 0.6 is 0 Å². The number of carboxylic acid groups (broad SMARTS) is 1. The molecular formula is C15H19N3O3. The molecule has 0 saturated carbocycles. The molecule has 2 N–H and O–H groups in total. The van der Waals surface area contributed by atoms with Crippen LogP contribution in [-0.2, 0) is 11.3 Å². The fourth-order valence-electron chi connectivity index (χ4n) is 1.85. The number of rotatable bonds is 6. The second-order valence-corrected chi connectivity index (χ2v) is 5.06. The molecule has 0 heterocycles. The number of amides is 2. The smallest absolute Gasteiger partial charge is 0.317 e. The Morgan fingerprint density at radius 2 is 2.19 bits per heavy atom. The first-order valence-electron chi connectivity index (χ1n) is 6.62. The summed E-state index contributed by atoms with van der Waals surface area (Å²) >= 11 is 0. The summed E-state index contributed by atoms with van der Waals surface area (Å²) in [6, 6.07) is 8.84. The van der Waals surface area contributed by atoms with Gasteiger partial charge in [0.2, 0.25) is 0 Å². The minimum atomic E-state index is -0.876. The molecule has 0 aliphatic heterocycles. The van der Waals surface area contributed by atoms with Crippen LogP contribution < -0.4 is 5.32 Å². The average Bonchev–Trinajstić information content (AvgIpc) is 2.44. The van der Waals surface area contributed by atoms with E-state index in [2.05, 4.69) is 11.4 Å². The first-order chi connectivity index (χ1) is 9.92. The standard InChI is InChI=1S/C15H19N3O3/c1-11(6-14(19)20)9-17-15(21)18(2)10-13-5-3-4-12(7-13)8-16/h3-5,7,11H,6,9-10H2,1-2H3,(H,17,21)(H,19,20). The van der Waals surface area contributed by atoms with E-state index >= 15 is 0 Å². The molecule has 0 aliphatic carbocycles. The Bertz CT molecular complexity index is 551. The van der Waals surface area contributed by atoms with E-state index in [0.717, 1.165) is 5.56 Å². The molecule has 0 fully saturated rings. The van der Waals surface area contributed by atoms with Gasteiger partial charge in [0.25, 0.3) is 0 Å². The van der Waals surface area contributed by atoms with Crippen molar-refractivity contribution in [1.82, 2.24) is 10.2 Å². The zero-order valence-electron chi connectivity index (χ0n) is 12.2. The largest absolute Gasteiger partial charge is 0.481 e. The first kappa shape index (κ1) is 16.5. The summed E-state index contributed by atoms with van der Waals surface area (Å²) in [6.45, 7) is 2.47. The van der Waals surface area contributed by atoms with Crippen molar-refractivity contribution in [3.8, 4) is 6.07 Å². The molecule has 2 amide bonds. The van der Waals surface area contributed by atoms with Crippen LogP contribution in [0.25, 0.3) is 0 Å². The quantitative estimate of drug-likeness (QED) is 0.835. The third-order valence-electron chi connectivity index (χ3n) is 2.95. The number of benzene rings is 1. The van der Waals surface area contributed by atoms with E-state index in [4.69, 9.17) is 10.4 Å². The van der Waals surface area contributed by atoms with Crippen molar-refractivity contribution in [3.63, 3.8) is 0 Å². The maximum Gasteiger partial charge on any atom is 0.317 e. The number of nitrogens with one attached hydrogen (secondary N) is 1. The molecule has 1 atom stereocenters. The topological polar surface area (TPSA) is 93.4 Å². The summed E-state index contributed by atoms with van der Waals surface area (Å²) in [4.78, 5) is 23.9. The lowest BCUT2D eigenvalue weighted by atomic mass is 10.1. The molecule has 0 aromatic heterocycles. The maximum absolute atomic E-state index is 11.9. The van der Waals surface area contributed by atoms with Gasteiger partial charge in [0, 0.05) is 26.6 Å². The fraction of sp³-hybridized carbons (Fsp3) is 0.400. The third-order valence-corrected chi connectivity index (χ3v) is 2.95. The van der Waals surface area contributed by atoms with Gasteiger partial charge in [0.05, 0.1) is 11.6 Å². The van der Waals surface area contributed by atoms with Crippen LogP contribution in [0.2, 0.25) is 0 Å². The number of urea groups is 1. The highest BCUT2D eigenvalue weighted by Gasteiger charge is 2.12. The van der Waals surface area contributed by atoms with E-state index in [-0.39, 0.29) is 18.4 Å². The van der Waals surface area contributed by atoms with Gasteiger partial charge in [-0.25, -0.2) is 4.79 Å². The monoisotopic (exact) mass is 289 g/mol. The van der Waals surface area contributed by atoms with Crippen LogP contribution in [0.3, 0.4) is 0 Å². The van der Waals surface area contributed by atoms with Crippen molar-refractivity contribution in [3.05, 3.63) is 35.4 Å². The van der Waals surface area contributed by atoms with Crippen molar-refractivity contribution in [2.75, 3.05) is 13.6 Å². The van der Waals surface area contributed by atoms with Gasteiger partial charge >= 0.3 is 12.0 Å². The van der Waals surface area contributed by atoms with E-state index in [1.807, 2.05) is 6.07 Å². The number of aliphatic carboxylic acids is 1. The Hall–Kier alpha value is -2.55. The van der Waals surface area contributed by atoms with Gasteiger partial charge in [-0.3, -0.25) is 4.79 Å². The summed E-state index contributed by atoms with van der Waals surface area (Å²) in [5.74, 6) is -1.000. The summed E-state index contributed by atoms with van der Waals surface area (Å²) in [6.07, 6.45) is 0.0220. The van der Waals surface area contributed by atoms with Crippen molar-refractivity contribution in [2.24, 2.45) is 5.92 Å². The summed E-state index contributed by atoms with van der Waals surface area (Å²) < 4.78 is 0.